The summed E-state index contributed by atoms with van der Waals surface area (Å²) in [5.74, 6) is -0.892. The van der Waals surface area contributed by atoms with Crippen LogP contribution in [0.25, 0.3) is 0 Å². The summed E-state index contributed by atoms with van der Waals surface area (Å²) in [7, 11) is 1.34. The van der Waals surface area contributed by atoms with Gasteiger partial charge < -0.3 is 18.6 Å². The molecule has 8 heteroatoms. The van der Waals surface area contributed by atoms with E-state index in [4.69, 9.17) is 9.26 Å². The van der Waals surface area contributed by atoms with Crippen LogP contribution in [-0.2, 0) is 27.2 Å². The third-order valence-corrected chi connectivity index (χ3v) is 4.45. The number of aromatic nitrogens is 2. The molecule has 2 heterocycles. The number of aryl methyl sites for hydroxylation is 3. The molecule has 2 aromatic heterocycles. The van der Waals surface area contributed by atoms with Gasteiger partial charge >= 0.3 is 11.9 Å². The van der Waals surface area contributed by atoms with Crippen molar-refractivity contribution in [1.82, 2.24) is 9.72 Å². The van der Waals surface area contributed by atoms with Gasteiger partial charge in [0.1, 0.15) is 11.3 Å². The average molecular weight is 376 g/mol. The first kappa shape index (κ1) is 20.4. The van der Waals surface area contributed by atoms with Gasteiger partial charge in [-0.1, -0.05) is 12.1 Å². The average Bonchev–Trinajstić information content (AvgIpc) is 3.16. The smallest absolute Gasteiger partial charge is 0.344 e. The number of esters is 2. The predicted octanol–water partition coefficient (Wildman–Crippen LogP) is 2.57. The van der Waals surface area contributed by atoms with Crippen LogP contribution in [0.15, 0.2) is 10.6 Å². The maximum Gasteiger partial charge on any atom is 0.344 e. The van der Waals surface area contributed by atoms with E-state index < -0.39 is 5.97 Å². The van der Waals surface area contributed by atoms with Gasteiger partial charge in [0, 0.05) is 23.5 Å². The second-order valence-corrected chi connectivity index (χ2v) is 6.18. The van der Waals surface area contributed by atoms with Crippen LogP contribution in [0.4, 0.5) is 0 Å². The Morgan fingerprint density at radius 2 is 1.93 bits per heavy atom. The molecule has 0 bridgehead atoms. The highest BCUT2D eigenvalue weighted by Crippen LogP contribution is 2.18. The number of Topliss-reactive ketones (excluding diaryl/α,β-unsaturated/α-hetero) is 1. The minimum Gasteiger partial charge on any atom is -0.469 e. The molecule has 27 heavy (non-hydrogen) atoms. The quantitative estimate of drug-likeness (QED) is 0.515. The van der Waals surface area contributed by atoms with E-state index in [0.717, 1.165) is 5.69 Å². The molecular weight excluding hydrogens is 352 g/mol. The van der Waals surface area contributed by atoms with Crippen molar-refractivity contribution in [3.63, 3.8) is 0 Å². The number of ether oxygens (including phenoxy) is 2. The van der Waals surface area contributed by atoms with Crippen LogP contribution >= 0.6 is 0 Å². The van der Waals surface area contributed by atoms with Gasteiger partial charge in [-0.25, -0.2) is 4.79 Å². The summed E-state index contributed by atoms with van der Waals surface area (Å²) in [5.41, 5.74) is 2.80. The maximum absolute atomic E-state index is 12.5. The largest absolute Gasteiger partial charge is 0.469 e. The van der Waals surface area contributed by atoms with E-state index in [-0.39, 0.29) is 30.3 Å². The topological polar surface area (TPSA) is 101 Å². The maximum atomic E-state index is 12.5. The van der Waals surface area contributed by atoms with Crippen molar-refractivity contribution in [1.29, 1.82) is 0 Å². The molecule has 0 fully saturated rings. The van der Waals surface area contributed by atoms with Crippen molar-refractivity contribution in [3.8, 4) is 0 Å². The molecule has 0 aliphatic heterocycles. The second kappa shape index (κ2) is 8.66. The van der Waals surface area contributed by atoms with Gasteiger partial charge in [-0.3, -0.25) is 9.59 Å². The fourth-order valence-corrected chi connectivity index (χ4v) is 2.93. The van der Waals surface area contributed by atoms with Gasteiger partial charge in [-0.05, 0) is 33.3 Å². The summed E-state index contributed by atoms with van der Waals surface area (Å²) < 4.78 is 16.7. The summed E-state index contributed by atoms with van der Waals surface area (Å²) in [5, 5.41) is 3.81. The van der Waals surface area contributed by atoms with Gasteiger partial charge in [-0.15, -0.1) is 0 Å². The minimum absolute atomic E-state index is 0.210. The molecule has 0 saturated heterocycles. The Morgan fingerprint density at radius 3 is 2.56 bits per heavy atom. The Balaban J connectivity index is 2.07. The zero-order valence-corrected chi connectivity index (χ0v) is 16.2. The van der Waals surface area contributed by atoms with Crippen molar-refractivity contribution < 1.29 is 28.4 Å². The van der Waals surface area contributed by atoms with E-state index in [1.54, 1.807) is 19.9 Å². The number of nitrogens with zero attached hydrogens (tertiary/aromatic N) is 2. The molecule has 0 saturated carbocycles. The van der Waals surface area contributed by atoms with Crippen LogP contribution in [0.1, 0.15) is 56.9 Å². The highest BCUT2D eigenvalue weighted by atomic mass is 16.5. The highest BCUT2D eigenvalue weighted by Gasteiger charge is 2.23. The lowest BCUT2D eigenvalue weighted by Crippen LogP contribution is -2.16. The Bertz CT molecular complexity index is 862. The molecule has 0 aliphatic rings. The normalized spacial score (nSPS) is 10.7. The summed E-state index contributed by atoms with van der Waals surface area (Å²) in [4.78, 5) is 36.1. The van der Waals surface area contributed by atoms with E-state index in [9.17, 15) is 14.4 Å². The Kier molecular flexibility index (Phi) is 6.55. The molecule has 0 amide bonds. The van der Waals surface area contributed by atoms with Crippen molar-refractivity contribution in [2.75, 3.05) is 13.7 Å². The monoisotopic (exact) mass is 376 g/mol. The fraction of sp³-hybridized carbons (Fsp3) is 0.474. The number of methoxy groups -OCH3 is 1. The van der Waals surface area contributed by atoms with E-state index in [1.165, 1.54) is 7.11 Å². The van der Waals surface area contributed by atoms with E-state index in [2.05, 4.69) is 9.89 Å². The van der Waals surface area contributed by atoms with E-state index >= 15 is 0 Å². The summed E-state index contributed by atoms with van der Waals surface area (Å²) >= 11 is 0. The third-order valence-electron chi connectivity index (χ3n) is 4.45. The summed E-state index contributed by atoms with van der Waals surface area (Å²) in [6, 6.07) is 1.73. The molecule has 0 radical (unpaired) electrons. The van der Waals surface area contributed by atoms with Gasteiger partial charge in [0.25, 0.3) is 0 Å². The van der Waals surface area contributed by atoms with Gasteiger partial charge in [0.15, 0.2) is 6.61 Å². The molecule has 0 aliphatic carbocycles. The first-order chi connectivity index (χ1) is 12.8. The van der Waals surface area contributed by atoms with Crippen molar-refractivity contribution in [3.05, 3.63) is 40.0 Å². The Morgan fingerprint density at radius 1 is 1.22 bits per heavy atom. The van der Waals surface area contributed by atoms with Crippen molar-refractivity contribution >= 4 is 17.7 Å². The van der Waals surface area contributed by atoms with Crippen LogP contribution in [0, 0.1) is 20.8 Å². The lowest BCUT2D eigenvalue weighted by Gasteiger charge is -2.09. The first-order valence-corrected chi connectivity index (χ1v) is 8.69. The summed E-state index contributed by atoms with van der Waals surface area (Å²) in [6.07, 6.45) is 0.735. The van der Waals surface area contributed by atoms with Crippen LogP contribution in [0.3, 0.4) is 0 Å². The highest BCUT2D eigenvalue weighted by molar-refractivity contribution is 6.00. The molecule has 0 N–H and O–H groups in total. The standard InChI is InChI=1S/C19H24N2O6/c1-6-15-18(13(4)27-20-15)19(24)26-10-16(22)14-9-11(2)21(12(14)3)8-7-17(23)25-5/h9H,6-8,10H2,1-5H3. The zero-order chi connectivity index (χ0) is 20.1. The number of carbonyl (C=O) groups is 3. The molecule has 8 nitrogen and oxygen atoms in total. The number of rotatable bonds is 8. The second-order valence-electron chi connectivity index (χ2n) is 6.18. The van der Waals surface area contributed by atoms with Gasteiger partial charge in [-0.2, -0.15) is 0 Å². The fourth-order valence-electron chi connectivity index (χ4n) is 2.93. The van der Waals surface area contributed by atoms with Crippen molar-refractivity contribution in [2.24, 2.45) is 0 Å². The molecule has 0 atom stereocenters. The molecule has 0 unspecified atom stereocenters. The number of ketones is 1. The number of hydrogen-bond donors (Lipinski definition) is 0. The van der Waals surface area contributed by atoms with Crippen LogP contribution in [-0.4, -0.2) is 41.2 Å². The third kappa shape index (κ3) is 4.45. The molecule has 2 aromatic rings. The van der Waals surface area contributed by atoms with Crippen LogP contribution in [0.2, 0.25) is 0 Å². The Labute approximate surface area is 157 Å². The predicted molar refractivity (Wildman–Crippen MR) is 95.8 cm³/mol. The number of hydrogen-bond acceptors (Lipinski definition) is 7. The molecule has 0 aromatic carbocycles. The summed E-state index contributed by atoms with van der Waals surface area (Å²) in [6.45, 7) is 7.15. The van der Waals surface area contributed by atoms with E-state index in [0.29, 0.717) is 35.7 Å². The number of carbonyl (C=O) groups excluding carboxylic acids is 3. The molecule has 146 valence electrons. The molecular formula is C19H24N2O6. The zero-order valence-electron chi connectivity index (χ0n) is 16.2. The molecule has 0 spiro atoms. The van der Waals surface area contributed by atoms with Crippen molar-refractivity contribution in [2.45, 2.75) is 47.1 Å². The van der Waals surface area contributed by atoms with E-state index in [1.807, 2.05) is 18.4 Å². The lowest BCUT2D eigenvalue weighted by molar-refractivity contribution is -0.140. The van der Waals surface area contributed by atoms with Crippen LogP contribution < -0.4 is 0 Å². The van der Waals surface area contributed by atoms with Gasteiger partial charge in [0.2, 0.25) is 5.78 Å². The lowest BCUT2D eigenvalue weighted by atomic mass is 10.1. The molecule has 2 rings (SSSR count). The Hall–Kier alpha value is -2.90. The van der Waals surface area contributed by atoms with Gasteiger partial charge in [0.05, 0.1) is 19.2 Å². The minimum atomic E-state index is -0.626. The van der Waals surface area contributed by atoms with Crippen LogP contribution in [0.5, 0.6) is 0 Å². The first-order valence-electron chi connectivity index (χ1n) is 8.69. The SMILES string of the molecule is CCc1noc(C)c1C(=O)OCC(=O)c1cc(C)n(CCC(=O)OC)c1C.